The first-order chi connectivity index (χ1) is 22.5. The van der Waals surface area contributed by atoms with Crippen molar-refractivity contribution in [1.29, 1.82) is 0 Å². The van der Waals surface area contributed by atoms with E-state index in [0.29, 0.717) is 6.42 Å². The Morgan fingerprint density at radius 2 is 1.45 bits per heavy atom. The molecule has 47 heavy (non-hydrogen) atoms. The van der Waals surface area contributed by atoms with E-state index in [-0.39, 0.29) is 32.6 Å². The zero-order valence-corrected chi connectivity index (χ0v) is 26.8. The maximum atomic E-state index is 13.0. The molecule has 3 aromatic rings. The van der Waals surface area contributed by atoms with Gasteiger partial charge in [0.1, 0.15) is 31.4 Å². The van der Waals surface area contributed by atoms with Crippen molar-refractivity contribution < 1.29 is 43.7 Å². The van der Waals surface area contributed by atoms with Crippen LogP contribution in [0.3, 0.4) is 0 Å². The van der Waals surface area contributed by atoms with E-state index in [1.54, 1.807) is 38.1 Å². The summed E-state index contributed by atoms with van der Waals surface area (Å²) in [5.74, 6) is -5.20. The highest BCUT2D eigenvalue weighted by Crippen LogP contribution is 2.20. The number of carbonyl (C=O) groups is 5. The summed E-state index contributed by atoms with van der Waals surface area (Å²) >= 11 is 0. The number of ether oxygens (including phenoxy) is 2. The van der Waals surface area contributed by atoms with Gasteiger partial charge in [-0.3, -0.25) is 14.4 Å². The molecular formula is C35H43N3O9. The molecule has 252 valence electrons. The first kappa shape index (κ1) is 36.5. The van der Waals surface area contributed by atoms with Gasteiger partial charge < -0.3 is 35.6 Å². The number of benzene rings is 3. The van der Waals surface area contributed by atoms with Crippen molar-refractivity contribution in [3.8, 4) is 0 Å². The van der Waals surface area contributed by atoms with Crippen molar-refractivity contribution in [3.05, 3.63) is 83.9 Å². The van der Waals surface area contributed by atoms with Crippen molar-refractivity contribution in [1.82, 2.24) is 16.0 Å². The molecule has 3 aromatic carbocycles. The second-order valence-corrected chi connectivity index (χ2v) is 11.4. The number of rotatable bonds is 17. The van der Waals surface area contributed by atoms with Gasteiger partial charge in [-0.1, -0.05) is 87.0 Å². The van der Waals surface area contributed by atoms with Crippen LogP contribution in [0.25, 0.3) is 10.8 Å². The third-order valence-electron chi connectivity index (χ3n) is 7.86. The molecule has 3 rings (SSSR count). The van der Waals surface area contributed by atoms with Gasteiger partial charge in [0.05, 0.1) is 5.92 Å². The standard InChI is InChI=1S/C35H43N3O9/c1-4-22(2)29(33(42)43)30(39)32(41)36-18-10-15-28(34(44)46-20-24-11-6-5-7-12-24)38-31(40)23(3)37-35(45)47-21-25-16-17-26-13-8-9-14-27(26)19-25/h5-9,11-14,16-17,19,22-23,28-30,39H,4,10,15,18,20-21H2,1-3H3,(H,36,41)(H,37,45)(H,38,40)(H,42,43)/t22-,23-,28-,29-,30+/m0/s1. The Balaban J connectivity index is 1.55. The fourth-order valence-electron chi connectivity index (χ4n) is 4.87. The highest BCUT2D eigenvalue weighted by molar-refractivity contribution is 5.89. The molecule has 12 heteroatoms. The van der Waals surface area contributed by atoms with E-state index in [1.807, 2.05) is 48.5 Å². The largest absolute Gasteiger partial charge is 0.481 e. The fraction of sp³-hybridized carbons (Fsp3) is 0.400. The molecule has 0 radical (unpaired) electrons. The molecular weight excluding hydrogens is 606 g/mol. The number of alkyl carbamates (subject to hydrolysis) is 1. The zero-order chi connectivity index (χ0) is 34.3. The average Bonchev–Trinajstić information content (AvgIpc) is 3.07. The average molecular weight is 650 g/mol. The molecule has 12 nitrogen and oxygen atoms in total. The number of aliphatic carboxylic acids is 1. The van der Waals surface area contributed by atoms with E-state index in [0.717, 1.165) is 21.9 Å². The van der Waals surface area contributed by atoms with Gasteiger partial charge in [-0.2, -0.15) is 0 Å². The zero-order valence-electron chi connectivity index (χ0n) is 26.8. The number of hydrogen-bond acceptors (Lipinski definition) is 8. The normalized spacial score (nSPS) is 14.1. The number of fused-ring (bicyclic) bond motifs is 1. The lowest BCUT2D eigenvalue weighted by Crippen LogP contribution is -2.51. The molecule has 0 fully saturated rings. The molecule has 0 saturated heterocycles. The first-order valence-electron chi connectivity index (χ1n) is 15.6. The van der Waals surface area contributed by atoms with Crippen molar-refractivity contribution in [2.24, 2.45) is 11.8 Å². The number of aliphatic hydroxyl groups is 1. The summed E-state index contributed by atoms with van der Waals surface area (Å²) in [6.07, 6.45) is -1.88. The molecule has 0 spiro atoms. The number of amides is 3. The van der Waals surface area contributed by atoms with Crippen LogP contribution in [0.1, 0.15) is 51.2 Å². The van der Waals surface area contributed by atoms with Gasteiger partial charge in [0.2, 0.25) is 11.8 Å². The molecule has 0 aliphatic rings. The quantitative estimate of drug-likeness (QED) is 0.108. The summed E-state index contributed by atoms with van der Waals surface area (Å²) in [6.45, 7) is 4.80. The molecule has 3 amide bonds. The summed E-state index contributed by atoms with van der Waals surface area (Å²) in [5.41, 5.74) is 1.51. The summed E-state index contributed by atoms with van der Waals surface area (Å²) in [4.78, 5) is 62.6. The van der Waals surface area contributed by atoms with Crippen LogP contribution in [0.5, 0.6) is 0 Å². The van der Waals surface area contributed by atoms with E-state index in [2.05, 4.69) is 16.0 Å². The third kappa shape index (κ3) is 11.4. The summed E-state index contributed by atoms with van der Waals surface area (Å²) in [7, 11) is 0. The van der Waals surface area contributed by atoms with Crippen LogP contribution < -0.4 is 16.0 Å². The van der Waals surface area contributed by atoms with Crippen molar-refractivity contribution >= 4 is 40.6 Å². The van der Waals surface area contributed by atoms with Gasteiger partial charge in [0, 0.05) is 6.54 Å². The lowest BCUT2D eigenvalue weighted by atomic mass is 9.86. The lowest BCUT2D eigenvalue weighted by Gasteiger charge is -2.24. The molecule has 0 saturated carbocycles. The number of aliphatic hydroxyl groups excluding tert-OH is 1. The number of carbonyl (C=O) groups excluding carboxylic acids is 4. The molecule has 0 aliphatic heterocycles. The second kappa shape index (κ2) is 18.2. The number of carboxylic acids is 1. The van der Waals surface area contributed by atoms with E-state index in [1.165, 1.54) is 6.92 Å². The van der Waals surface area contributed by atoms with Crippen LogP contribution >= 0.6 is 0 Å². The van der Waals surface area contributed by atoms with Crippen molar-refractivity contribution in [3.63, 3.8) is 0 Å². The van der Waals surface area contributed by atoms with Crippen LogP contribution in [0.4, 0.5) is 4.79 Å². The molecule has 0 aromatic heterocycles. The van der Waals surface area contributed by atoms with Gasteiger partial charge in [-0.15, -0.1) is 0 Å². The van der Waals surface area contributed by atoms with Crippen LogP contribution in [-0.2, 0) is 41.9 Å². The smallest absolute Gasteiger partial charge is 0.408 e. The summed E-state index contributed by atoms with van der Waals surface area (Å²) < 4.78 is 10.7. The van der Waals surface area contributed by atoms with Crippen molar-refractivity contribution in [2.75, 3.05) is 6.54 Å². The van der Waals surface area contributed by atoms with E-state index in [4.69, 9.17) is 9.47 Å². The van der Waals surface area contributed by atoms with Gasteiger partial charge in [-0.05, 0) is 53.6 Å². The van der Waals surface area contributed by atoms with Crippen molar-refractivity contribution in [2.45, 2.75) is 71.4 Å². The topological polar surface area (TPSA) is 180 Å². The molecule has 0 heterocycles. The minimum absolute atomic E-state index is 0.00399. The maximum absolute atomic E-state index is 13.0. The monoisotopic (exact) mass is 649 g/mol. The predicted molar refractivity (Wildman–Crippen MR) is 174 cm³/mol. The molecule has 5 atom stereocenters. The lowest BCUT2D eigenvalue weighted by molar-refractivity contribution is -0.154. The maximum Gasteiger partial charge on any atom is 0.408 e. The van der Waals surface area contributed by atoms with E-state index in [9.17, 15) is 34.2 Å². The highest BCUT2D eigenvalue weighted by atomic mass is 16.5. The minimum atomic E-state index is -1.75. The second-order valence-electron chi connectivity index (χ2n) is 11.4. The molecule has 5 N–H and O–H groups in total. The summed E-state index contributed by atoms with van der Waals surface area (Å²) in [6, 6.07) is 20.2. The minimum Gasteiger partial charge on any atom is -0.481 e. The SMILES string of the molecule is CC[C@H](C)[C@H](C(=O)O)[C@@H](O)C(=O)NCCC[C@H](NC(=O)[C@H](C)NC(=O)OCc1ccc2ccccc2c1)C(=O)OCc1ccccc1. The van der Waals surface area contributed by atoms with E-state index >= 15 is 0 Å². The Labute approximate surface area is 273 Å². The van der Waals surface area contributed by atoms with Gasteiger partial charge >= 0.3 is 18.0 Å². The number of carboxylic acid groups (broad SMARTS) is 1. The van der Waals surface area contributed by atoms with Gasteiger partial charge in [0.25, 0.3) is 0 Å². The molecule has 0 aliphatic carbocycles. The number of nitrogens with one attached hydrogen (secondary N) is 3. The Morgan fingerprint density at radius 1 is 0.787 bits per heavy atom. The summed E-state index contributed by atoms with van der Waals surface area (Å²) in [5, 5.41) is 29.4. The Morgan fingerprint density at radius 3 is 2.13 bits per heavy atom. The fourth-order valence-corrected chi connectivity index (χ4v) is 4.87. The highest BCUT2D eigenvalue weighted by Gasteiger charge is 2.35. The number of esters is 1. The Kier molecular flexibility index (Phi) is 14.2. The van der Waals surface area contributed by atoms with Crippen LogP contribution in [0.15, 0.2) is 72.8 Å². The molecule has 0 bridgehead atoms. The van der Waals surface area contributed by atoms with Gasteiger partial charge in [0.15, 0.2) is 0 Å². The number of hydrogen-bond donors (Lipinski definition) is 5. The van der Waals surface area contributed by atoms with Gasteiger partial charge in [-0.25, -0.2) is 9.59 Å². The van der Waals surface area contributed by atoms with Crippen LogP contribution in [-0.4, -0.2) is 64.8 Å². The van der Waals surface area contributed by atoms with E-state index < -0.39 is 59.9 Å². The third-order valence-corrected chi connectivity index (χ3v) is 7.86. The Hall–Kier alpha value is -4.97. The van der Waals surface area contributed by atoms with Crippen LogP contribution in [0, 0.1) is 11.8 Å². The van der Waals surface area contributed by atoms with Crippen LogP contribution in [0.2, 0.25) is 0 Å². The molecule has 0 unspecified atom stereocenters. The predicted octanol–water partition coefficient (Wildman–Crippen LogP) is 3.69. The first-order valence-corrected chi connectivity index (χ1v) is 15.6. The Bertz CT molecular complexity index is 1510.